The van der Waals surface area contributed by atoms with Crippen molar-refractivity contribution in [1.29, 1.82) is 0 Å². The van der Waals surface area contributed by atoms with Crippen molar-refractivity contribution < 1.29 is 9.53 Å². The molecule has 1 amide bonds. The van der Waals surface area contributed by atoms with Crippen LogP contribution < -0.4 is 4.90 Å². The number of carbonyl (C=O) groups excluding carboxylic acids is 1. The molecule has 1 atom stereocenters. The van der Waals surface area contributed by atoms with Gasteiger partial charge < -0.3 is 14.5 Å². The summed E-state index contributed by atoms with van der Waals surface area (Å²) in [6, 6.07) is 12.4. The Kier molecular flexibility index (Phi) is 5.39. The quantitative estimate of drug-likeness (QED) is 0.838. The summed E-state index contributed by atoms with van der Waals surface area (Å²) in [7, 11) is 0. The van der Waals surface area contributed by atoms with Gasteiger partial charge in [-0.15, -0.1) is 0 Å². The second-order valence-corrected chi connectivity index (χ2v) is 7.45. The molecule has 1 aromatic heterocycles. The second kappa shape index (κ2) is 8.09. The number of hydrogen-bond acceptors (Lipinski definition) is 4. The third-order valence-electron chi connectivity index (χ3n) is 5.66. The molecular formula is C22H27N3O2. The van der Waals surface area contributed by atoms with E-state index in [1.165, 1.54) is 17.5 Å². The van der Waals surface area contributed by atoms with Gasteiger partial charge in [0, 0.05) is 43.9 Å². The predicted molar refractivity (Wildman–Crippen MR) is 106 cm³/mol. The van der Waals surface area contributed by atoms with Gasteiger partial charge in [-0.05, 0) is 43.0 Å². The van der Waals surface area contributed by atoms with E-state index in [2.05, 4.69) is 41.1 Å². The Morgan fingerprint density at radius 2 is 1.96 bits per heavy atom. The van der Waals surface area contributed by atoms with Crippen LogP contribution >= 0.6 is 0 Å². The van der Waals surface area contributed by atoms with Crippen LogP contribution in [0.1, 0.15) is 40.2 Å². The molecule has 2 fully saturated rings. The van der Waals surface area contributed by atoms with E-state index in [1.54, 1.807) is 6.20 Å². The normalized spacial score (nSPS) is 20.6. The number of anilines is 1. The van der Waals surface area contributed by atoms with Crippen molar-refractivity contribution in [2.45, 2.75) is 25.7 Å². The zero-order valence-electron chi connectivity index (χ0n) is 15.9. The molecular weight excluding hydrogens is 338 g/mol. The van der Waals surface area contributed by atoms with Gasteiger partial charge in [-0.3, -0.25) is 4.79 Å². The summed E-state index contributed by atoms with van der Waals surface area (Å²) in [6.07, 6.45) is 4.11. The molecule has 0 bridgehead atoms. The van der Waals surface area contributed by atoms with E-state index < -0.39 is 0 Å². The molecule has 2 saturated heterocycles. The van der Waals surface area contributed by atoms with Gasteiger partial charge in [-0.25, -0.2) is 4.98 Å². The van der Waals surface area contributed by atoms with Crippen LogP contribution in [0.3, 0.4) is 0 Å². The molecule has 4 rings (SSSR count). The highest BCUT2D eigenvalue weighted by Crippen LogP contribution is 2.31. The minimum atomic E-state index is 0.0782. The van der Waals surface area contributed by atoms with E-state index in [1.807, 2.05) is 17.0 Å². The van der Waals surface area contributed by atoms with Crippen LogP contribution in [-0.2, 0) is 4.74 Å². The Morgan fingerprint density at radius 1 is 1.15 bits per heavy atom. The highest BCUT2D eigenvalue weighted by Gasteiger charge is 2.25. The van der Waals surface area contributed by atoms with Gasteiger partial charge in [-0.2, -0.15) is 0 Å². The number of rotatable bonds is 3. The summed E-state index contributed by atoms with van der Waals surface area (Å²) in [5.74, 6) is 1.50. The van der Waals surface area contributed by atoms with Gasteiger partial charge >= 0.3 is 0 Å². The fourth-order valence-electron chi connectivity index (χ4n) is 4.16. The number of morpholine rings is 1. The SMILES string of the molecule is Cc1ccccc1[C@H]1CCCN(c2cc(C(=O)N3CCOCC3)ccn2)C1. The molecule has 2 aromatic rings. The van der Waals surface area contributed by atoms with Gasteiger partial charge in [0.05, 0.1) is 13.2 Å². The Morgan fingerprint density at radius 3 is 2.78 bits per heavy atom. The lowest BCUT2D eigenvalue weighted by Crippen LogP contribution is -2.41. The minimum Gasteiger partial charge on any atom is -0.378 e. The van der Waals surface area contributed by atoms with Gasteiger partial charge in [0.1, 0.15) is 5.82 Å². The molecule has 2 aliphatic heterocycles. The lowest BCUT2D eigenvalue weighted by atomic mass is 9.88. The van der Waals surface area contributed by atoms with Crippen molar-refractivity contribution in [3.8, 4) is 0 Å². The predicted octanol–water partition coefficient (Wildman–Crippen LogP) is 3.25. The number of nitrogens with zero attached hydrogens (tertiary/aromatic N) is 3. The van der Waals surface area contributed by atoms with Crippen LogP contribution in [0.25, 0.3) is 0 Å². The summed E-state index contributed by atoms with van der Waals surface area (Å²) < 4.78 is 5.35. The lowest BCUT2D eigenvalue weighted by molar-refractivity contribution is 0.0303. The molecule has 2 aliphatic rings. The van der Waals surface area contributed by atoms with E-state index in [-0.39, 0.29) is 5.91 Å². The molecule has 0 N–H and O–H groups in total. The van der Waals surface area contributed by atoms with Gasteiger partial charge in [0.2, 0.25) is 0 Å². The number of hydrogen-bond donors (Lipinski definition) is 0. The third-order valence-corrected chi connectivity index (χ3v) is 5.66. The Labute approximate surface area is 161 Å². The number of aryl methyl sites for hydroxylation is 1. The van der Waals surface area contributed by atoms with Crippen molar-refractivity contribution in [3.63, 3.8) is 0 Å². The Hall–Kier alpha value is -2.40. The molecule has 0 aliphatic carbocycles. The van der Waals surface area contributed by atoms with Gasteiger partial charge in [0.15, 0.2) is 0 Å². The van der Waals surface area contributed by atoms with Crippen molar-refractivity contribution in [2.24, 2.45) is 0 Å². The number of benzene rings is 1. The maximum atomic E-state index is 12.8. The van der Waals surface area contributed by atoms with Crippen LogP contribution in [0.15, 0.2) is 42.6 Å². The maximum absolute atomic E-state index is 12.8. The second-order valence-electron chi connectivity index (χ2n) is 7.45. The lowest BCUT2D eigenvalue weighted by Gasteiger charge is -2.34. The van der Waals surface area contributed by atoms with Crippen molar-refractivity contribution >= 4 is 11.7 Å². The first-order valence-electron chi connectivity index (χ1n) is 9.86. The first-order valence-corrected chi connectivity index (χ1v) is 9.86. The summed E-state index contributed by atoms with van der Waals surface area (Å²) >= 11 is 0. The third kappa shape index (κ3) is 3.98. The number of aromatic nitrogens is 1. The van der Waals surface area contributed by atoms with Crippen molar-refractivity contribution in [3.05, 3.63) is 59.3 Å². The number of pyridine rings is 1. The molecule has 5 heteroatoms. The summed E-state index contributed by atoms with van der Waals surface area (Å²) in [5, 5.41) is 0. The standard InChI is InChI=1S/C22H27N3O2/c1-17-5-2-3-7-20(17)19-6-4-10-25(16-19)21-15-18(8-9-23-21)22(26)24-11-13-27-14-12-24/h2-3,5,7-9,15,19H,4,6,10-14,16H2,1H3/t19-/m0/s1. The monoisotopic (exact) mass is 365 g/mol. The molecule has 5 nitrogen and oxygen atoms in total. The highest BCUT2D eigenvalue weighted by molar-refractivity contribution is 5.95. The summed E-state index contributed by atoms with van der Waals surface area (Å²) in [5.41, 5.74) is 3.51. The fraction of sp³-hybridized carbons (Fsp3) is 0.455. The molecule has 142 valence electrons. The van der Waals surface area contributed by atoms with E-state index in [0.29, 0.717) is 32.2 Å². The minimum absolute atomic E-state index is 0.0782. The molecule has 3 heterocycles. The molecule has 1 aromatic carbocycles. The van der Waals surface area contributed by atoms with E-state index in [4.69, 9.17) is 4.74 Å². The highest BCUT2D eigenvalue weighted by atomic mass is 16.5. The fourth-order valence-corrected chi connectivity index (χ4v) is 4.16. The number of amides is 1. The maximum Gasteiger partial charge on any atom is 0.254 e. The average molecular weight is 365 g/mol. The Balaban J connectivity index is 1.51. The van der Waals surface area contributed by atoms with Crippen LogP contribution in [0.5, 0.6) is 0 Å². The van der Waals surface area contributed by atoms with Crippen LogP contribution in [-0.4, -0.2) is 55.2 Å². The largest absolute Gasteiger partial charge is 0.378 e. The Bertz CT molecular complexity index is 802. The smallest absolute Gasteiger partial charge is 0.254 e. The summed E-state index contributed by atoms with van der Waals surface area (Å²) in [6.45, 7) is 6.69. The first kappa shape index (κ1) is 18.0. The molecule has 0 spiro atoms. The van der Waals surface area contributed by atoms with Gasteiger partial charge in [-0.1, -0.05) is 24.3 Å². The average Bonchev–Trinajstić information content (AvgIpc) is 2.74. The van der Waals surface area contributed by atoms with Crippen LogP contribution in [0, 0.1) is 6.92 Å². The zero-order valence-corrected chi connectivity index (χ0v) is 15.9. The van der Waals surface area contributed by atoms with E-state index in [9.17, 15) is 4.79 Å². The number of carbonyl (C=O) groups is 1. The topological polar surface area (TPSA) is 45.7 Å². The van der Waals surface area contributed by atoms with Gasteiger partial charge in [0.25, 0.3) is 5.91 Å². The molecule has 0 saturated carbocycles. The summed E-state index contributed by atoms with van der Waals surface area (Å²) in [4.78, 5) is 21.6. The molecule has 0 radical (unpaired) electrons. The van der Waals surface area contributed by atoms with Crippen LogP contribution in [0.4, 0.5) is 5.82 Å². The number of ether oxygens (including phenoxy) is 1. The molecule has 0 unspecified atom stereocenters. The van der Waals surface area contributed by atoms with E-state index >= 15 is 0 Å². The van der Waals surface area contributed by atoms with Crippen molar-refractivity contribution in [2.75, 3.05) is 44.3 Å². The zero-order chi connectivity index (χ0) is 18.6. The molecule has 27 heavy (non-hydrogen) atoms. The van der Waals surface area contributed by atoms with Crippen LogP contribution in [0.2, 0.25) is 0 Å². The van der Waals surface area contributed by atoms with Crippen molar-refractivity contribution in [1.82, 2.24) is 9.88 Å². The first-order chi connectivity index (χ1) is 13.2. The number of piperidine rings is 1. The van der Waals surface area contributed by atoms with E-state index in [0.717, 1.165) is 30.9 Å².